The molecule has 0 fully saturated rings. The van der Waals surface area contributed by atoms with Crippen LogP contribution in [0, 0.1) is 5.92 Å². The Kier molecular flexibility index (Phi) is 12.2. The zero-order valence-electron chi connectivity index (χ0n) is 21.6. The van der Waals surface area contributed by atoms with Gasteiger partial charge in [0, 0.05) is 12.2 Å². The van der Waals surface area contributed by atoms with Gasteiger partial charge >= 0.3 is 12.1 Å². The summed E-state index contributed by atoms with van der Waals surface area (Å²) in [4.78, 5) is 48.6. The van der Waals surface area contributed by atoms with Crippen LogP contribution < -0.4 is 21.7 Å². The molecule has 1 rings (SSSR count). The van der Waals surface area contributed by atoms with Crippen LogP contribution in [-0.2, 0) is 30.3 Å². The SMILES string of the molecule is COC(=O)Cc1ccc(NC(=O)[C@H](CCCCNC(=O)OC(C)(C)C)NC(=O)[C@@H](N)C(C)C)cc1. The number of carbonyl (C=O) groups excluding carboxylic acids is 4. The normalized spacial score (nSPS) is 12.9. The highest BCUT2D eigenvalue weighted by Crippen LogP contribution is 2.13. The highest BCUT2D eigenvalue weighted by atomic mass is 16.6. The van der Waals surface area contributed by atoms with Crippen LogP contribution in [0.4, 0.5) is 10.5 Å². The lowest BCUT2D eigenvalue weighted by Gasteiger charge is -2.22. The third-order valence-electron chi connectivity index (χ3n) is 5.04. The summed E-state index contributed by atoms with van der Waals surface area (Å²) in [5, 5.41) is 8.22. The van der Waals surface area contributed by atoms with Crippen LogP contribution in [0.1, 0.15) is 59.4 Å². The maximum atomic E-state index is 12.9. The van der Waals surface area contributed by atoms with Crippen LogP contribution in [0.25, 0.3) is 0 Å². The molecule has 0 saturated heterocycles. The molecule has 0 aliphatic heterocycles. The molecule has 1 aromatic carbocycles. The largest absolute Gasteiger partial charge is 0.469 e. The number of nitrogens with one attached hydrogen (secondary N) is 3. The molecule has 3 amide bonds. The number of amides is 3. The van der Waals surface area contributed by atoms with Crippen molar-refractivity contribution in [2.75, 3.05) is 19.0 Å². The molecule has 0 aliphatic rings. The second-order valence-electron chi connectivity index (χ2n) is 9.69. The van der Waals surface area contributed by atoms with Crippen molar-refractivity contribution in [3.05, 3.63) is 29.8 Å². The summed E-state index contributed by atoms with van der Waals surface area (Å²) in [5.41, 5.74) is 6.65. The number of methoxy groups -OCH3 is 1. The van der Waals surface area contributed by atoms with E-state index in [0.29, 0.717) is 31.5 Å². The molecule has 1 aromatic rings. The number of hydrogen-bond donors (Lipinski definition) is 4. The lowest BCUT2D eigenvalue weighted by atomic mass is 10.0. The van der Waals surface area contributed by atoms with Gasteiger partial charge in [0.2, 0.25) is 11.8 Å². The van der Waals surface area contributed by atoms with Crippen LogP contribution in [0.2, 0.25) is 0 Å². The van der Waals surface area contributed by atoms with E-state index in [0.717, 1.165) is 5.56 Å². The predicted octanol–water partition coefficient (Wildman–Crippen LogP) is 2.50. The van der Waals surface area contributed by atoms with Crippen LogP contribution >= 0.6 is 0 Å². The zero-order valence-corrected chi connectivity index (χ0v) is 21.6. The summed E-state index contributed by atoms with van der Waals surface area (Å²) in [5.74, 6) is -1.22. The first kappa shape index (κ1) is 29.9. The number of hydrogen-bond acceptors (Lipinski definition) is 7. The number of anilines is 1. The summed E-state index contributed by atoms with van der Waals surface area (Å²) in [6.07, 6.45) is 1.16. The third kappa shape index (κ3) is 12.2. The molecule has 35 heavy (non-hydrogen) atoms. The second kappa shape index (κ2) is 14.3. The van der Waals surface area contributed by atoms with Crippen molar-refractivity contribution in [1.29, 1.82) is 0 Å². The van der Waals surface area contributed by atoms with Gasteiger partial charge in [0.1, 0.15) is 11.6 Å². The van der Waals surface area contributed by atoms with Gasteiger partial charge in [0.05, 0.1) is 19.6 Å². The average Bonchev–Trinajstić information content (AvgIpc) is 2.77. The third-order valence-corrected chi connectivity index (χ3v) is 5.04. The average molecular weight is 493 g/mol. The molecule has 0 bridgehead atoms. The van der Waals surface area contributed by atoms with Crippen LogP contribution in [0.3, 0.4) is 0 Å². The first-order chi connectivity index (χ1) is 16.3. The number of rotatable bonds is 12. The van der Waals surface area contributed by atoms with Crippen molar-refractivity contribution in [1.82, 2.24) is 10.6 Å². The molecule has 10 heteroatoms. The molecule has 0 heterocycles. The van der Waals surface area contributed by atoms with Gasteiger partial charge in [-0.25, -0.2) is 4.79 Å². The molecule has 0 spiro atoms. The summed E-state index contributed by atoms with van der Waals surface area (Å²) in [7, 11) is 1.32. The van der Waals surface area contributed by atoms with Crippen molar-refractivity contribution >= 4 is 29.6 Å². The monoisotopic (exact) mass is 492 g/mol. The van der Waals surface area contributed by atoms with E-state index in [9.17, 15) is 19.2 Å². The highest BCUT2D eigenvalue weighted by molar-refractivity contribution is 5.97. The summed E-state index contributed by atoms with van der Waals surface area (Å²) >= 11 is 0. The number of nitrogens with two attached hydrogens (primary N) is 1. The van der Waals surface area contributed by atoms with Gasteiger partial charge in [-0.05, 0) is 63.6 Å². The maximum Gasteiger partial charge on any atom is 0.407 e. The minimum Gasteiger partial charge on any atom is -0.469 e. The van der Waals surface area contributed by atoms with E-state index in [2.05, 4.69) is 20.7 Å². The van der Waals surface area contributed by atoms with E-state index in [1.54, 1.807) is 45.0 Å². The number of esters is 1. The standard InChI is InChI=1S/C25H40N4O6/c1-16(2)21(26)23(32)29-19(9-7-8-14-27-24(33)35-25(3,4)5)22(31)28-18-12-10-17(11-13-18)15-20(30)34-6/h10-13,16,19,21H,7-9,14-15,26H2,1-6H3,(H,27,33)(H,28,31)(H,29,32)/t19-,21-/m0/s1. The van der Waals surface area contributed by atoms with Crippen molar-refractivity contribution in [2.24, 2.45) is 11.7 Å². The molecule has 5 N–H and O–H groups in total. The van der Waals surface area contributed by atoms with E-state index in [4.69, 9.17) is 10.5 Å². The Hall–Kier alpha value is -3.14. The molecule has 0 radical (unpaired) electrons. The van der Waals surface area contributed by atoms with Gasteiger partial charge in [-0.2, -0.15) is 0 Å². The zero-order chi connectivity index (χ0) is 26.6. The van der Waals surface area contributed by atoms with Crippen LogP contribution in [0.15, 0.2) is 24.3 Å². The van der Waals surface area contributed by atoms with E-state index < -0.39 is 29.7 Å². The molecule has 0 saturated carbocycles. The second-order valence-corrected chi connectivity index (χ2v) is 9.69. The summed E-state index contributed by atoms with van der Waals surface area (Å²) < 4.78 is 9.85. The van der Waals surface area contributed by atoms with Gasteiger partial charge in [-0.1, -0.05) is 26.0 Å². The van der Waals surface area contributed by atoms with Crippen molar-refractivity contribution in [3.63, 3.8) is 0 Å². The quantitative estimate of drug-likeness (QED) is 0.259. The lowest BCUT2D eigenvalue weighted by molar-refractivity contribution is -0.139. The maximum absolute atomic E-state index is 12.9. The van der Waals surface area contributed by atoms with Gasteiger partial charge < -0.3 is 31.2 Å². The minimum absolute atomic E-state index is 0.0842. The molecule has 0 aromatic heterocycles. The summed E-state index contributed by atoms with van der Waals surface area (Å²) in [6, 6.07) is 5.26. The van der Waals surface area contributed by atoms with Crippen molar-refractivity contribution in [2.45, 2.75) is 78.0 Å². The Bertz CT molecular complexity index is 849. The number of carbonyl (C=O) groups is 4. The first-order valence-electron chi connectivity index (χ1n) is 11.8. The highest BCUT2D eigenvalue weighted by Gasteiger charge is 2.25. The van der Waals surface area contributed by atoms with Gasteiger partial charge in [0.25, 0.3) is 0 Å². The fraction of sp³-hybridized carbons (Fsp3) is 0.600. The van der Waals surface area contributed by atoms with E-state index in [1.807, 2.05) is 13.8 Å². The Labute approximate surface area is 207 Å². The van der Waals surface area contributed by atoms with E-state index >= 15 is 0 Å². The number of alkyl carbamates (subject to hydrolysis) is 1. The topological polar surface area (TPSA) is 149 Å². The van der Waals surface area contributed by atoms with Crippen molar-refractivity contribution < 1.29 is 28.7 Å². The summed E-state index contributed by atoms with van der Waals surface area (Å²) in [6.45, 7) is 9.40. The van der Waals surface area contributed by atoms with Gasteiger partial charge in [-0.3, -0.25) is 14.4 Å². The van der Waals surface area contributed by atoms with Gasteiger partial charge in [0.15, 0.2) is 0 Å². The fourth-order valence-electron chi connectivity index (χ4n) is 2.99. The minimum atomic E-state index is -0.802. The Morgan fingerprint density at radius 1 is 1.00 bits per heavy atom. The first-order valence-corrected chi connectivity index (χ1v) is 11.8. The van der Waals surface area contributed by atoms with Gasteiger partial charge in [-0.15, -0.1) is 0 Å². The molecule has 0 unspecified atom stereocenters. The van der Waals surface area contributed by atoms with Crippen molar-refractivity contribution in [3.8, 4) is 0 Å². The van der Waals surface area contributed by atoms with E-state index in [-0.39, 0.29) is 24.2 Å². The fourth-order valence-corrected chi connectivity index (χ4v) is 2.99. The molecule has 2 atom stereocenters. The molecular formula is C25H40N4O6. The van der Waals surface area contributed by atoms with Crippen LogP contribution in [-0.4, -0.2) is 55.2 Å². The predicted molar refractivity (Wildman–Crippen MR) is 134 cm³/mol. The lowest BCUT2D eigenvalue weighted by Crippen LogP contribution is -2.51. The Balaban J connectivity index is 2.71. The van der Waals surface area contributed by atoms with E-state index in [1.165, 1.54) is 7.11 Å². The number of ether oxygens (including phenoxy) is 2. The molecule has 196 valence electrons. The molecular weight excluding hydrogens is 452 g/mol. The molecule has 10 nitrogen and oxygen atoms in total. The Morgan fingerprint density at radius 3 is 2.17 bits per heavy atom. The Morgan fingerprint density at radius 2 is 1.63 bits per heavy atom. The smallest absolute Gasteiger partial charge is 0.407 e. The molecule has 0 aliphatic carbocycles. The number of unbranched alkanes of at least 4 members (excludes halogenated alkanes) is 1. The number of benzene rings is 1. The van der Waals surface area contributed by atoms with Crippen LogP contribution in [0.5, 0.6) is 0 Å².